The van der Waals surface area contributed by atoms with E-state index in [0.717, 1.165) is 11.0 Å². The zero-order chi connectivity index (χ0) is 14.1. The van der Waals surface area contributed by atoms with Gasteiger partial charge in [-0.15, -0.1) is 0 Å². The molecule has 0 saturated carbocycles. The summed E-state index contributed by atoms with van der Waals surface area (Å²) in [6.07, 6.45) is 3.23. The van der Waals surface area contributed by atoms with Crippen LogP contribution in [-0.2, 0) is 9.31 Å². The van der Waals surface area contributed by atoms with Crippen molar-refractivity contribution in [1.29, 1.82) is 5.26 Å². The van der Waals surface area contributed by atoms with Crippen LogP contribution >= 0.6 is 0 Å². The van der Waals surface area contributed by atoms with E-state index >= 15 is 0 Å². The van der Waals surface area contributed by atoms with Crippen LogP contribution in [0.3, 0.4) is 0 Å². The Labute approximate surface area is 115 Å². The van der Waals surface area contributed by atoms with Crippen molar-refractivity contribution >= 4 is 18.7 Å². The number of hydrogen-bond donors (Lipinski definition) is 0. The molecule has 1 aromatic rings. The van der Waals surface area contributed by atoms with Gasteiger partial charge in [-0.1, -0.05) is 24.3 Å². The van der Waals surface area contributed by atoms with Gasteiger partial charge in [0.2, 0.25) is 0 Å². The van der Waals surface area contributed by atoms with E-state index in [1.807, 2.05) is 58.0 Å². The second kappa shape index (κ2) is 4.84. The maximum Gasteiger partial charge on any atom is 0.494 e. The average molecular weight is 255 g/mol. The molecule has 1 saturated heterocycles. The summed E-state index contributed by atoms with van der Waals surface area (Å²) in [5.74, 6) is 0. The molecule has 1 fully saturated rings. The predicted octanol–water partition coefficient (Wildman–Crippen LogP) is 2.52. The number of nitrogens with zero attached hydrogens (tertiary/aromatic N) is 1. The summed E-state index contributed by atoms with van der Waals surface area (Å²) in [6, 6.07) is 9.83. The van der Waals surface area contributed by atoms with E-state index in [-0.39, 0.29) is 18.3 Å². The third-order valence-corrected chi connectivity index (χ3v) is 3.81. The highest BCUT2D eigenvalue weighted by molar-refractivity contribution is 6.62. The van der Waals surface area contributed by atoms with Crippen molar-refractivity contribution in [2.75, 3.05) is 0 Å². The van der Waals surface area contributed by atoms with Gasteiger partial charge in [0.25, 0.3) is 0 Å². The molecular formula is C15H18BNO2. The summed E-state index contributed by atoms with van der Waals surface area (Å²) in [5.41, 5.74) is 1.34. The highest BCUT2D eigenvalue weighted by Gasteiger charge is 2.51. The highest BCUT2D eigenvalue weighted by Crippen LogP contribution is 2.36. The van der Waals surface area contributed by atoms with Crippen LogP contribution in [0.2, 0.25) is 0 Å². The van der Waals surface area contributed by atoms with Gasteiger partial charge in [-0.25, -0.2) is 0 Å². The van der Waals surface area contributed by atoms with Crippen molar-refractivity contribution in [2.45, 2.75) is 38.9 Å². The number of allylic oxidation sites excluding steroid dienone is 1. The highest BCUT2D eigenvalue weighted by atomic mass is 16.7. The molecule has 0 aliphatic carbocycles. The molecule has 0 aromatic heterocycles. The molecule has 1 aliphatic rings. The Morgan fingerprint density at radius 3 is 2.05 bits per heavy atom. The van der Waals surface area contributed by atoms with Gasteiger partial charge in [-0.2, -0.15) is 5.26 Å². The molecule has 0 bridgehead atoms. The van der Waals surface area contributed by atoms with Gasteiger partial charge in [0.1, 0.15) is 0 Å². The number of nitriles is 1. The van der Waals surface area contributed by atoms with Crippen LogP contribution < -0.4 is 5.46 Å². The lowest BCUT2D eigenvalue weighted by Crippen LogP contribution is -2.41. The molecule has 0 radical (unpaired) electrons. The predicted molar refractivity (Wildman–Crippen MR) is 76.8 cm³/mol. The van der Waals surface area contributed by atoms with Crippen molar-refractivity contribution in [3.63, 3.8) is 0 Å². The Bertz CT molecular complexity index is 510. The van der Waals surface area contributed by atoms with E-state index in [1.54, 1.807) is 6.08 Å². The van der Waals surface area contributed by atoms with Crippen molar-refractivity contribution in [3.05, 3.63) is 35.9 Å². The molecule has 98 valence electrons. The quantitative estimate of drug-likeness (QED) is 0.602. The van der Waals surface area contributed by atoms with Crippen LogP contribution in [0.25, 0.3) is 6.08 Å². The summed E-state index contributed by atoms with van der Waals surface area (Å²) < 4.78 is 12.0. The normalized spacial score (nSPS) is 20.7. The Morgan fingerprint density at radius 1 is 1.05 bits per heavy atom. The summed E-state index contributed by atoms with van der Waals surface area (Å²) in [4.78, 5) is 0. The molecular weight excluding hydrogens is 237 g/mol. The fourth-order valence-corrected chi connectivity index (χ4v) is 1.88. The van der Waals surface area contributed by atoms with E-state index in [2.05, 4.69) is 0 Å². The van der Waals surface area contributed by atoms with Gasteiger partial charge in [0.15, 0.2) is 0 Å². The molecule has 19 heavy (non-hydrogen) atoms. The van der Waals surface area contributed by atoms with Crippen LogP contribution in [0, 0.1) is 11.3 Å². The molecule has 1 heterocycles. The van der Waals surface area contributed by atoms with Gasteiger partial charge in [0.05, 0.1) is 17.3 Å². The topological polar surface area (TPSA) is 42.2 Å². The van der Waals surface area contributed by atoms with E-state index in [1.165, 1.54) is 6.08 Å². The van der Waals surface area contributed by atoms with E-state index in [4.69, 9.17) is 14.6 Å². The molecule has 0 unspecified atom stereocenters. The lowest BCUT2D eigenvalue weighted by molar-refractivity contribution is 0.00578. The number of rotatable bonds is 2. The largest absolute Gasteiger partial charge is 0.494 e. The van der Waals surface area contributed by atoms with Gasteiger partial charge in [-0.3, -0.25) is 0 Å². The molecule has 2 rings (SSSR count). The average Bonchev–Trinajstić information content (AvgIpc) is 2.56. The Kier molecular flexibility index (Phi) is 3.53. The first-order chi connectivity index (χ1) is 8.86. The van der Waals surface area contributed by atoms with E-state index in [0.29, 0.717) is 0 Å². The lowest BCUT2D eigenvalue weighted by atomic mass is 9.79. The Morgan fingerprint density at radius 2 is 1.58 bits per heavy atom. The summed E-state index contributed by atoms with van der Waals surface area (Å²) >= 11 is 0. The Hall–Kier alpha value is -1.57. The standard InChI is InChI=1S/C15H18BNO2/c1-14(2)15(3,4)19-16(18-14)13-9-7-12(8-10-13)6-5-11-17/h5-10H,1-4H3/b6-5+. The fraction of sp³-hybridized carbons (Fsp3) is 0.400. The third kappa shape index (κ3) is 2.73. The molecule has 1 aliphatic heterocycles. The monoisotopic (exact) mass is 255 g/mol. The SMILES string of the molecule is CC1(C)OB(c2ccc(/C=C/C#N)cc2)OC1(C)C. The van der Waals surface area contributed by atoms with E-state index in [9.17, 15) is 0 Å². The van der Waals surface area contributed by atoms with Crippen molar-refractivity contribution < 1.29 is 9.31 Å². The van der Waals surface area contributed by atoms with Gasteiger partial charge in [0, 0.05) is 6.08 Å². The van der Waals surface area contributed by atoms with E-state index < -0.39 is 0 Å². The molecule has 1 aromatic carbocycles. The minimum Gasteiger partial charge on any atom is -0.399 e. The van der Waals surface area contributed by atoms with Crippen molar-refractivity contribution in [2.24, 2.45) is 0 Å². The Balaban J connectivity index is 2.17. The van der Waals surface area contributed by atoms with Gasteiger partial charge >= 0.3 is 7.12 Å². The van der Waals surface area contributed by atoms with Crippen molar-refractivity contribution in [3.8, 4) is 6.07 Å². The van der Waals surface area contributed by atoms with Crippen LogP contribution in [0.1, 0.15) is 33.3 Å². The second-order valence-electron chi connectivity index (χ2n) is 5.72. The first-order valence-electron chi connectivity index (χ1n) is 6.37. The second-order valence-corrected chi connectivity index (χ2v) is 5.72. The fourth-order valence-electron chi connectivity index (χ4n) is 1.88. The van der Waals surface area contributed by atoms with Crippen LogP contribution in [0.4, 0.5) is 0 Å². The zero-order valence-corrected chi connectivity index (χ0v) is 11.8. The number of benzene rings is 1. The molecule has 0 spiro atoms. The molecule has 0 amide bonds. The van der Waals surface area contributed by atoms with Crippen LogP contribution in [-0.4, -0.2) is 18.3 Å². The van der Waals surface area contributed by atoms with Crippen LogP contribution in [0.15, 0.2) is 30.3 Å². The minimum absolute atomic E-state index is 0.322. The lowest BCUT2D eigenvalue weighted by Gasteiger charge is -2.32. The van der Waals surface area contributed by atoms with Gasteiger partial charge < -0.3 is 9.31 Å². The van der Waals surface area contributed by atoms with Gasteiger partial charge in [-0.05, 0) is 44.8 Å². The minimum atomic E-state index is -0.334. The first-order valence-corrected chi connectivity index (χ1v) is 6.37. The number of hydrogen-bond acceptors (Lipinski definition) is 3. The summed E-state index contributed by atoms with van der Waals surface area (Å²) in [5, 5.41) is 8.49. The van der Waals surface area contributed by atoms with Crippen LogP contribution in [0.5, 0.6) is 0 Å². The first kappa shape index (κ1) is 13.9. The zero-order valence-electron chi connectivity index (χ0n) is 11.8. The maximum absolute atomic E-state index is 8.49. The summed E-state index contributed by atoms with van der Waals surface area (Å²) in [7, 11) is -0.334. The maximum atomic E-state index is 8.49. The van der Waals surface area contributed by atoms with Crippen molar-refractivity contribution in [1.82, 2.24) is 0 Å². The molecule has 0 atom stereocenters. The smallest absolute Gasteiger partial charge is 0.399 e. The molecule has 3 nitrogen and oxygen atoms in total. The molecule has 4 heteroatoms. The summed E-state index contributed by atoms with van der Waals surface area (Å²) in [6.45, 7) is 8.15. The third-order valence-electron chi connectivity index (χ3n) is 3.81. The molecule has 0 N–H and O–H groups in total.